The zero-order valence-electron chi connectivity index (χ0n) is 18.2. The third-order valence-electron chi connectivity index (χ3n) is 4.71. The number of benzene rings is 1. The first-order valence-electron chi connectivity index (χ1n) is 10.1. The average molecular weight is 468 g/mol. The van der Waals surface area contributed by atoms with E-state index in [1.54, 1.807) is 43.5 Å². The number of aliphatic hydroxyl groups excluding tert-OH is 1. The molecule has 3 aromatic rings. The number of rotatable bonds is 8. The SMILES string of the molecule is C=C(/N=C(\C=C/C)c1ccn(C(CO)c2ccc(Cl)c(F)c2)c(=O)c1)Nc1ccnc(C)n1. The van der Waals surface area contributed by atoms with Gasteiger partial charge in [-0.25, -0.2) is 19.4 Å². The fourth-order valence-corrected chi connectivity index (χ4v) is 3.30. The number of aromatic nitrogens is 3. The monoisotopic (exact) mass is 467 g/mol. The van der Waals surface area contributed by atoms with E-state index in [0.717, 1.165) is 0 Å². The van der Waals surface area contributed by atoms with Crippen LogP contribution in [0.5, 0.6) is 0 Å². The first-order valence-corrected chi connectivity index (χ1v) is 10.5. The fraction of sp³-hybridized carbons (Fsp3) is 0.167. The van der Waals surface area contributed by atoms with Crippen LogP contribution >= 0.6 is 11.6 Å². The molecule has 0 saturated heterocycles. The summed E-state index contributed by atoms with van der Waals surface area (Å²) in [5.74, 6) is 0.862. The second-order valence-corrected chi connectivity index (χ2v) is 7.50. The topological polar surface area (TPSA) is 92.4 Å². The standard InChI is InChI=1S/C24H23ClFN5O2/c1-4-5-21(28-16(3)30-23-8-10-27-15(2)29-23)17-9-11-31(24(33)13-17)22(14-32)18-6-7-19(25)20(26)12-18/h4-13,22,32H,3,14H2,1-2H3,(H,27,29,30)/b5-4-,28-21+. The minimum Gasteiger partial charge on any atom is -0.394 e. The summed E-state index contributed by atoms with van der Waals surface area (Å²) in [5, 5.41) is 12.8. The van der Waals surface area contributed by atoms with Gasteiger partial charge >= 0.3 is 0 Å². The maximum Gasteiger partial charge on any atom is 0.251 e. The number of halogens is 2. The van der Waals surface area contributed by atoms with Crippen LogP contribution in [0.1, 0.15) is 29.9 Å². The molecule has 0 aliphatic rings. The van der Waals surface area contributed by atoms with Crippen LogP contribution in [0.25, 0.3) is 0 Å². The molecule has 7 nitrogen and oxygen atoms in total. The Balaban J connectivity index is 1.91. The Morgan fingerprint density at radius 2 is 2.15 bits per heavy atom. The number of hydrogen-bond acceptors (Lipinski definition) is 6. The van der Waals surface area contributed by atoms with Crippen molar-refractivity contribution in [2.45, 2.75) is 19.9 Å². The molecular formula is C24H23ClFN5O2. The Morgan fingerprint density at radius 1 is 1.36 bits per heavy atom. The first-order chi connectivity index (χ1) is 15.8. The Bertz CT molecular complexity index is 1290. The molecule has 0 radical (unpaired) electrons. The van der Waals surface area contributed by atoms with Crippen LogP contribution in [0.15, 0.2) is 83.1 Å². The average Bonchev–Trinajstić information content (AvgIpc) is 2.77. The van der Waals surface area contributed by atoms with Crippen LogP contribution in [0, 0.1) is 12.7 Å². The molecule has 0 spiro atoms. The minimum absolute atomic E-state index is 0.0312. The number of aliphatic imine (C=N–C) groups is 1. The summed E-state index contributed by atoms with van der Waals surface area (Å²) in [6, 6.07) is 8.19. The number of aliphatic hydroxyl groups is 1. The minimum atomic E-state index is -0.766. The third kappa shape index (κ3) is 6.00. The summed E-state index contributed by atoms with van der Waals surface area (Å²) in [4.78, 5) is 25.7. The van der Waals surface area contributed by atoms with Gasteiger partial charge in [-0.1, -0.05) is 30.3 Å². The predicted molar refractivity (Wildman–Crippen MR) is 128 cm³/mol. The zero-order chi connectivity index (χ0) is 24.0. The molecule has 1 aromatic carbocycles. The number of nitrogens with zero attached hydrogens (tertiary/aromatic N) is 4. The van der Waals surface area contributed by atoms with Crippen molar-refractivity contribution in [1.29, 1.82) is 0 Å². The molecule has 2 N–H and O–H groups in total. The van der Waals surface area contributed by atoms with Crippen LogP contribution < -0.4 is 10.9 Å². The predicted octanol–water partition coefficient (Wildman–Crippen LogP) is 4.27. The molecule has 9 heteroatoms. The van der Waals surface area contributed by atoms with Gasteiger partial charge in [0.05, 0.1) is 23.4 Å². The highest BCUT2D eigenvalue weighted by Crippen LogP contribution is 2.22. The quantitative estimate of drug-likeness (QED) is 0.483. The van der Waals surface area contributed by atoms with Crippen molar-refractivity contribution in [3.05, 3.63) is 111 Å². The van der Waals surface area contributed by atoms with Crippen molar-refractivity contribution >= 4 is 23.1 Å². The molecule has 0 saturated carbocycles. The van der Waals surface area contributed by atoms with E-state index in [1.165, 1.54) is 29.0 Å². The van der Waals surface area contributed by atoms with Crippen LogP contribution in [-0.4, -0.2) is 32.0 Å². The summed E-state index contributed by atoms with van der Waals surface area (Å²) < 4.78 is 15.2. The molecule has 33 heavy (non-hydrogen) atoms. The summed E-state index contributed by atoms with van der Waals surface area (Å²) in [7, 11) is 0. The van der Waals surface area contributed by atoms with Gasteiger partial charge in [-0.15, -0.1) is 0 Å². The van der Waals surface area contributed by atoms with Crippen molar-refractivity contribution < 1.29 is 9.50 Å². The Labute approximate surface area is 195 Å². The second-order valence-electron chi connectivity index (χ2n) is 7.09. The van der Waals surface area contributed by atoms with Gasteiger partial charge in [0.15, 0.2) is 0 Å². The first kappa shape index (κ1) is 24.0. The maximum absolute atomic E-state index is 13.9. The van der Waals surface area contributed by atoms with Crippen molar-refractivity contribution in [1.82, 2.24) is 14.5 Å². The van der Waals surface area contributed by atoms with Gasteiger partial charge in [-0.2, -0.15) is 0 Å². The van der Waals surface area contributed by atoms with Gasteiger partial charge in [-0.05, 0) is 49.8 Å². The zero-order valence-corrected chi connectivity index (χ0v) is 18.9. The van der Waals surface area contributed by atoms with E-state index in [1.807, 2.05) is 6.92 Å². The molecule has 2 aromatic heterocycles. The van der Waals surface area contributed by atoms with Gasteiger partial charge in [0.25, 0.3) is 5.56 Å². The second kappa shape index (κ2) is 10.8. The maximum atomic E-state index is 13.9. The van der Waals surface area contributed by atoms with E-state index in [0.29, 0.717) is 34.3 Å². The molecule has 0 aliphatic carbocycles. The molecular weight excluding hydrogens is 445 g/mol. The Kier molecular flexibility index (Phi) is 7.87. The van der Waals surface area contributed by atoms with Crippen LogP contribution in [0.3, 0.4) is 0 Å². The molecule has 2 heterocycles. The number of nitrogens with one attached hydrogen (secondary N) is 1. The van der Waals surface area contributed by atoms with Crippen LogP contribution in [-0.2, 0) is 0 Å². The molecule has 1 atom stereocenters. The lowest BCUT2D eigenvalue weighted by molar-refractivity contribution is 0.246. The third-order valence-corrected chi connectivity index (χ3v) is 5.02. The summed E-state index contributed by atoms with van der Waals surface area (Å²) >= 11 is 5.75. The van der Waals surface area contributed by atoms with E-state index >= 15 is 0 Å². The molecule has 0 aliphatic heterocycles. The van der Waals surface area contributed by atoms with Crippen molar-refractivity contribution in [2.24, 2.45) is 4.99 Å². The normalized spacial score (nSPS) is 12.7. The highest BCUT2D eigenvalue weighted by atomic mass is 35.5. The van der Waals surface area contributed by atoms with Gasteiger partial charge in [0.1, 0.15) is 23.3 Å². The van der Waals surface area contributed by atoms with Gasteiger partial charge in [0, 0.05) is 24.0 Å². The van der Waals surface area contributed by atoms with E-state index in [9.17, 15) is 14.3 Å². The number of aryl methyl sites for hydroxylation is 1. The van der Waals surface area contributed by atoms with Crippen LogP contribution in [0.2, 0.25) is 5.02 Å². The van der Waals surface area contributed by atoms with Crippen molar-refractivity contribution in [3.63, 3.8) is 0 Å². The van der Waals surface area contributed by atoms with Gasteiger partial charge in [-0.3, -0.25) is 4.79 Å². The molecule has 0 bridgehead atoms. The van der Waals surface area contributed by atoms with E-state index in [2.05, 4.69) is 26.9 Å². The van der Waals surface area contributed by atoms with Crippen molar-refractivity contribution in [2.75, 3.05) is 11.9 Å². The Hall–Kier alpha value is -3.62. The summed E-state index contributed by atoms with van der Waals surface area (Å²) in [6.45, 7) is 7.12. The van der Waals surface area contributed by atoms with Gasteiger partial charge in [0.2, 0.25) is 0 Å². The Morgan fingerprint density at radius 3 is 2.79 bits per heavy atom. The van der Waals surface area contributed by atoms with Crippen LogP contribution in [0.4, 0.5) is 10.2 Å². The summed E-state index contributed by atoms with van der Waals surface area (Å²) in [5.41, 5.74) is 1.09. The number of allylic oxidation sites excluding steroid dienone is 2. The largest absolute Gasteiger partial charge is 0.394 e. The van der Waals surface area contributed by atoms with Crippen molar-refractivity contribution in [3.8, 4) is 0 Å². The molecule has 1 unspecified atom stereocenters. The summed E-state index contributed by atoms with van der Waals surface area (Å²) in [6.07, 6.45) is 6.70. The fourth-order valence-electron chi connectivity index (χ4n) is 3.18. The van der Waals surface area contributed by atoms with E-state index in [-0.39, 0.29) is 10.6 Å². The number of anilines is 1. The number of pyridine rings is 1. The molecule has 3 rings (SSSR count). The number of hydrogen-bond donors (Lipinski definition) is 2. The smallest absolute Gasteiger partial charge is 0.251 e. The highest BCUT2D eigenvalue weighted by molar-refractivity contribution is 6.30. The lowest BCUT2D eigenvalue weighted by Gasteiger charge is -2.19. The van der Waals surface area contributed by atoms with Gasteiger partial charge < -0.3 is 15.0 Å². The highest BCUT2D eigenvalue weighted by Gasteiger charge is 2.16. The molecule has 170 valence electrons. The molecule has 0 amide bonds. The lowest BCUT2D eigenvalue weighted by Crippen LogP contribution is -2.27. The van der Waals surface area contributed by atoms with E-state index in [4.69, 9.17) is 11.6 Å². The lowest BCUT2D eigenvalue weighted by atomic mass is 10.1. The van der Waals surface area contributed by atoms with E-state index < -0.39 is 18.5 Å². The molecule has 0 fully saturated rings.